The highest BCUT2D eigenvalue weighted by molar-refractivity contribution is 5.87. The molecule has 0 saturated carbocycles. The van der Waals surface area contributed by atoms with Gasteiger partial charge in [0.1, 0.15) is 5.75 Å². The first-order valence-electron chi connectivity index (χ1n) is 7.11. The van der Waals surface area contributed by atoms with Gasteiger partial charge >= 0.3 is 0 Å². The normalized spacial score (nSPS) is 19.8. The van der Waals surface area contributed by atoms with Crippen LogP contribution in [0.4, 0.5) is 0 Å². The Morgan fingerprint density at radius 3 is 3.00 bits per heavy atom. The second-order valence-corrected chi connectivity index (χ2v) is 5.53. The summed E-state index contributed by atoms with van der Waals surface area (Å²) in [4.78, 5) is 0. The highest BCUT2D eigenvalue weighted by Gasteiger charge is 2.17. The number of methoxy groups -OCH3 is 1. The summed E-state index contributed by atoms with van der Waals surface area (Å²) in [5, 5.41) is 4.72. The Bertz CT molecular complexity index is 567. The van der Waals surface area contributed by atoms with E-state index in [0.717, 1.165) is 24.6 Å². The maximum atomic E-state index is 5.68. The van der Waals surface area contributed by atoms with E-state index in [2.05, 4.69) is 41.3 Å². The van der Waals surface area contributed by atoms with Crippen molar-refractivity contribution >= 4 is 10.9 Å². The third-order valence-electron chi connectivity index (χ3n) is 4.21. The minimum Gasteiger partial charge on any atom is -0.496 e. The predicted molar refractivity (Wildman–Crippen MR) is 78.8 cm³/mol. The Labute approximate surface area is 114 Å². The van der Waals surface area contributed by atoms with Crippen molar-refractivity contribution in [3.63, 3.8) is 0 Å². The Morgan fingerprint density at radius 1 is 1.37 bits per heavy atom. The van der Waals surface area contributed by atoms with Crippen LogP contribution in [0, 0.1) is 5.92 Å². The second kappa shape index (κ2) is 5.25. The van der Waals surface area contributed by atoms with Crippen molar-refractivity contribution in [1.82, 2.24) is 9.88 Å². The standard InChI is InChI=1S/C16H22N2O/c1-18-9-7-14-15(18)6-5-13(16(14)19-2)10-12-4-3-8-17-11-12/h5-7,9,12,17H,3-4,8,10-11H2,1-2H3. The van der Waals surface area contributed by atoms with Crippen LogP contribution in [0.15, 0.2) is 24.4 Å². The average Bonchev–Trinajstić information content (AvgIpc) is 2.82. The van der Waals surface area contributed by atoms with Gasteiger partial charge in [-0.2, -0.15) is 0 Å². The van der Waals surface area contributed by atoms with Gasteiger partial charge in [0.2, 0.25) is 0 Å². The number of nitrogens with one attached hydrogen (secondary N) is 1. The van der Waals surface area contributed by atoms with E-state index < -0.39 is 0 Å². The predicted octanol–water partition coefficient (Wildman–Crippen LogP) is 2.73. The lowest BCUT2D eigenvalue weighted by Gasteiger charge is -2.23. The van der Waals surface area contributed by atoms with E-state index in [9.17, 15) is 0 Å². The van der Waals surface area contributed by atoms with Crippen LogP contribution < -0.4 is 10.1 Å². The molecule has 3 nitrogen and oxygen atoms in total. The van der Waals surface area contributed by atoms with Crippen LogP contribution in [-0.4, -0.2) is 24.8 Å². The van der Waals surface area contributed by atoms with Gasteiger partial charge in [0, 0.05) is 18.6 Å². The lowest BCUT2D eigenvalue weighted by molar-refractivity contribution is 0.365. The maximum Gasteiger partial charge on any atom is 0.131 e. The van der Waals surface area contributed by atoms with E-state index in [0.29, 0.717) is 0 Å². The number of aryl methyl sites for hydroxylation is 1. The molecule has 1 N–H and O–H groups in total. The largest absolute Gasteiger partial charge is 0.496 e. The maximum absolute atomic E-state index is 5.68. The summed E-state index contributed by atoms with van der Waals surface area (Å²) in [6.45, 7) is 2.31. The first-order chi connectivity index (χ1) is 9.29. The number of aromatic nitrogens is 1. The van der Waals surface area contributed by atoms with Crippen molar-refractivity contribution in [2.45, 2.75) is 19.3 Å². The van der Waals surface area contributed by atoms with E-state index in [4.69, 9.17) is 4.74 Å². The summed E-state index contributed by atoms with van der Waals surface area (Å²) in [7, 11) is 3.86. The molecule has 0 amide bonds. The lowest BCUT2D eigenvalue weighted by Crippen LogP contribution is -2.30. The number of ether oxygens (including phenoxy) is 1. The van der Waals surface area contributed by atoms with E-state index in [-0.39, 0.29) is 0 Å². The molecule has 1 atom stereocenters. The van der Waals surface area contributed by atoms with E-state index in [1.807, 2.05) is 0 Å². The molecule has 0 aliphatic carbocycles. The minimum absolute atomic E-state index is 0.740. The first kappa shape index (κ1) is 12.5. The van der Waals surface area contributed by atoms with Gasteiger partial charge in [0.05, 0.1) is 12.6 Å². The number of hydrogen-bond acceptors (Lipinski definition) is 2. The highest BCUT2D eigenvalue weighted by Crippen LogP contribution is 2.32. The zero-order valence-electron chi connectivity index (χ0n) is 11.8. The Hall–Kier alpha value is -1.48. The van der Waals surface area contributed by atoms with Crippen LogP contribution in [0.1, 0.15) is 18.4 Å². The summed E-state index contributed by atoms with van der Waals surface area (Å²) >= 11 is 0. The second-order valence-electron chi connectivity index (χ2n) is 5.53. The average molecular weight is 258 g/mol. The minimum atomic E-state index is 0.740. The quantitative estimate of drug-likeness (QED) is 0.916. The van der Waals surface area contributed by atoms with Crippen LogP contribution >= 0.6 is 0 Å². The third-order valence-corrected chi connectivity index (χ3v) is 4.21. The third kappa shape index (κ3) is 2.35. The molecule has 1 saturated heterocycles. The molecular weight excluding hydrogens is 236 g/mol. The first-order valence-corrected chi connectivity index (χ1v) is 7.11. The fourth-order valence-electron chi connectivity index (χ4n) is 3.18. The monoisotopic (exact) mass is 258 g/mol. The molecule has 0 spiro atoms. The molecule has 19 heavy (non-hydrogen) atoms. The molecule has 0 radical (unpaired) electrons. The van der Waals surface area contributed by atoms with Gasteiger partial charge in [-0.1, -0.05) is 6.07 Å². The molecule has 1 aliphatic rings. The summed E-state index contributed by atoms with van der Waals surface area (Å²) < 4.78 is 7.82. The number of fused-ring (bicyclic) bond motifs is 1. The van der Waals surface area contributed by atoms with Crippen LogP contribution in [0.5, 0.6) is 5.75 Å². The van der Waals surface area contributed by atoms with Crippen LogP contribution in [0.25, 0.3) is 10.9 Å². The fourth-order valence-corrected chi connectivity index (χ4v) is 3.18. The van der Waals surface area contributed by atoms with E-state index in [1.165, 1.54) is 35.9 Å². The summed E-state index contributed by atoms with van der Waals surface area (Å²) in [5.74, 6) is 1.80. The topological polar surface area (TPSA) is 26.2 Å². The molecule has 1 fully saturated rings. The van der Waals surface area contributed by atoms with Crippen molar-refractivity contribution < 1.29 is 4.74 Å². The van der Waals surface area contributed by atoms with Gasteiger partial charge in [-0.05, 0) is 56.0 Å². The van der Waals surface area contributed by atoms with Gasteiger partial charge in [0.25, 0.3) is 0 Å². The number of rotatable bonds is 3. The van der Waals surface area contributed by atoms with Crippen molar-refractivity contribution in [2.24, 2.45) is 13.0 Å². The van der Waals surface area contributed by atoms with Crippen LogP contribution in [0.2, 0.25) is 0 Å². The molecule has 1 aromatic heterocycles. The fraction of sp³-hybridized carbons (Fsp3) is 0.500. The number of nitrogens with zero attached hydrogens (tertiary/aromatic N) is 1. The summed E-state index contributed by atoms with van der Waals surface area (Å²) in [5.41, 5.74) is 2.58. The van der Waals surface area contributed by atoms with Crippen molar-refractivity contribution in [3.05, 3.63) is 30.0 Å². The van der Waals surface area contributed by atoms with Crippen molar-refractivity contribution in [2.75, 3.05) is 20.2 Å². The molecule has 3 heteroatoms. The zero-order valence-corrected chi connectivity index (χ0v) is 11.8. The van der Waals surface area contributed by atoms with Gasteiger partial charge in [-0.3, -0.25) is 0 Å². The van der Waals surface area contributed by atoms with Crippen LogP contribution in [-0.2, 0) is 13.5 Å². The molecule has 2 heterocycles. The Morgan fingerprint density at radius 2 is 2.26 bits per heavy atom. The summed E-state index contributed by atoms with van der Waals surface area (Å²) in [6, 6.07) is 6.59. The number of piperidine rings is 1. The van der Waals surface area contributed by atoms with Gasteiger partial charge in [-0.25, -0.2) is 0 Å². The highest BCUT2D eigenvalue weighted by atomic mass is 16.5. The summed E-state index contributed by atoms with van der Waals surface area (Å²) in [6.07, 6.45) is 5.82. The number of benzene rings is 1. The molecule has 2 aromatic rings. The molecule has 1 unspecified atom stereocenters. The van der Waals surface area contributed by atoms with Gasteiger partial charge in [0.15, 0.2) is 0 Å². The zero-order chi connectivity index (χ0) is 13.2. The van der Waals surface area contributed by atoms with Gasteiger partial charge < -0.3 is 14.6 Å². The SMILES string of the molecule is COc1c(CC2CCCNC2)ccc2c1ccn2C. The molecule has 1 aliphatic heterocycles. The smallest absolute Gasteiger partial charge is 0.131 e. The van der Waals surface area contributed by atoms with E-state index in [1.54, 1.807) is 7.11 Å². The van der Waals surface area contributed by atoms with Crippen LogP contribution in [0.3, 0.4) is 0 Å². The number of hydrogen-bond donors (Lipinski definition) is 1. The molecule has 102 valence electrons. The van der Waals surface area contributed by atoms with Crippen molar-refractivity contribution in [3.8, 4) is 5.75 Å². The lowest BCUT2D eigenvalue weighted by atomic mass is 9.91. The Balaban J connectivity index is 1.93. The Kier molecular flexibility index (Phi) is 3.47. The molecular formula is C16H22N2O. The van der Waals surface area contributed by atoms with E-state index >= 15 is 0 Å². The van der Waals surface area contributed by atoms with Gasteiger partial charge in [-0.15, -0.1) is 0 Å². The molecule has 0 bridgehead atoms. The molecule has 3 rings (SSSR count). The molecule has 1 aromatic carbocycles. The van der Waals surface area contributed by atoms with Crippen molar-refractivity contribution in [1.29, 1.82) is 0 Å².